The van der Waals surface area contributed by atoms with E-state index in [1.165, 1.54) is 11.3 Å². The van der Waals surface area contributed by atoms with E-state index in [4.69, 9.17) is 5.73 Å². The van der Waals surface area contributed by atoms with Gasteiger partial charge in [0, 0.05) is 13.6 Å². The van der Waals surface area contributed by atoms with Crippen LogP contribution in [-0.4, -0.2) is 19.5 Å². The van der Waals surface area contributed by atoms with Gasteiger partial charge in [0.2, 0.25) is 0 Å². The van der Waals surface area contributed by atoms with Crippen molar-refractivity contribution in [3.8, 4) is 0 Å². The standard InChI is InChI=1S/C9H14N2OS/c1-3-6-11(2)8-5-4-7(13-8)9(10)12/h4-5H,3,6H2,1-2H3,(H2,10,12). The van der Waals surface area contributed by atoms with Crippen molar-refractivity contribution in [3.05, 3.63) is 17.0 Å². The van der Waals surface area contributed by atoms with Crippen LogP contribution < -0.4 is 10.6 Å². The van der Waals surface area contributed by atoms with Gasteiger partial charge in [-0.1, -0.05) is 6.92 Å². The molecule has 0 aliphatic carbocycles. The van der Waals surface area contributed by atoms with Gasteiger partial charge in [-0.2, -0.15) is 0 Å². The number of rotatable bonds is 4. The van der Waals surface area contributed by atoms with Gasteiger partial charge in [-0.25, -0.2) is 0 Å². The van der Waals surface area contributed by atoms with Gasteiger partial charge in [0.15, 0.2) is 0 Å². The van der Waals surface area contributed by atoms with E-state index in [0.717, 1.165) is 18.0 Å². The predicted molar refractivity (Wildman–Crippen MR) is 56.4 cm³/mol. The average Bonchev–Trinajstić information content (AvgIpc) is 2.52. The Hall–Kier alpha value is -1.03. The van der Waals surface area contributed by atoms with Gasteiger partial charge in [-0.05, 0) is 18.6 Å². The second kappa shape index (κ2) is 4.28. The molecule has 0 radical (unpaired) electrons. The summed E-state index contributed by atoms with van der Waals surface area (Å²) in [5.41, 5.74) is 5.15. The number of primary amides is 1. The van der Waals surface area contributed by atoms with Gasteiger partial charge < -0.3 is 10.6 Å². The SMILES string of the molecule is CCCN(C)c1ccc(C(N)=O)s1. The first-order chi connectivity index (χ1) is 6.15. The van der Waals surface area contributed by atoms with Crippen molar-refractivity contribution in [2.24, 2.45) is 5.73 Å². The lowest BCUT2D eigenvalue weighted by Gasteiger charge is -2.14. The Kier molecular flexibility index (Phi) is 3.31. The molecule has 1 amide bonds. The Morgan fingerprint density at radius 2 is 2.31 bits per heavy atom. The van der Waals surface area contributed by atoms with Crippen molar-refractivity contribution < 1.29 is 4.79 Å². The van der Waals surface area contributed by atoms with E-state index in [0.29, 0.717) is 4.88 Å². The molecule has 0 aromatic carbocycles. The molecular formula is C9H14N2OS. The Morgan fingerprint density at radius 3 is 2.77 bits per heavy atom. The van der Waals surface area contributed by atoms with Crippen LogP contribution in [0.4, 0.5) is 5.00 Å². The monoisotopic (exact) mass is 198 g/mol. The minimum Gasteiger partial charge on any atom is -0.367 e. The molecule has 0 unspecified atom stereocenters. The molecule has 0 aliphatic heterocycles. The number of anilines is 1. The normalized spacial score (nSPS) is 10.0. The van der Waals surface area contributed by atoms with E-state index in [1.54, 1.807) is 6.07 Å². The Morgan fingerprint density at radius 1 is 1.62 bits per heavy atom. The zero-order valence-corrected chi connectivity index (χ0v) is 8.73. The third kappa shape index (κ3) is 2.45. The maximum absolute atomic E-state index is 10.8. The molecule has 0 aliphatic rings. The fourth-order valence-corrected chi connectivity index (χ4v) is 1.96. The van der Waals surface area contributed by atoms with Crippen LogP contribution in [0.15, 0.2) is 12.1 Å². The molecule has 1 aromatic rings. The van der Waals surface area contributed by atoms with Crippen LogP contribution in [0.25, 0.3) is 0 Å². The van der Waals surface area contributed by atoms with Gasteiger partial charge in [-0.15, -0.1) is 11.3 Å². The molecule has 3 nitrogen and oxygen atoms in total. The average molecular weight is 198 g/mol. The molecular weight excluding hydrogens is 184 g/mol. The quantitative estimate of drug-likeness (QED) is 0.800. The molecule has 0 fully saturated rings. The molecule has 72 valence electrons. The van der Waals surface area contributed by atoms with Crippen molar-refractivity contribution in [2.45, 2.75) is 13.3 Å². The van der Waals surface area contributed by atoms with Gasteiger partial charge in [0.05, 0.1) is 9.88 Å². The highest BCUT2D eigenvalue weighted by molar-refractivity contribution is 7.17. The molecule has 0 atom stereocenters. The summed E-state index contributed by atoms with van der Waals surface area (Å²) in [6.07, 6.45) is 1.10. The summed E-state index contributed by atoms with van der Waals surface area (Å²) in [7, 11) is 2.01. The number of carbonyl (C=O) groups is 1. The van der Waals surface area contributed by atoms with Crippen molar-refractivity contribution in [1.82, 2.24) is 0 Å². The highest BCUT2D eigenvalue weighted by atomic mass is 32.1. The highest BCUT2D eigenvalue weighted by Gasteiger charge is 2.07. The Balaban J connectivity index is 2.73. The van der Waals surface area contributed by atoms with Crippen molar-refractivity contribution >= 4 is 22.2 Å². The van der Waals surface area contributed by atoms with Crippen molar-refractivity contribution in [2.75, 3.05) is 18.5 Å². The summed E-state index contributed by atoms with van der Waals surface area (Å²) in [5, 5.41) is 1.09. The van der Waals surface area contributed by atoms with E-state index in [9.17, 15) is 4.79 Å². The molecule has 4 heteroatoms. The summed E-state index contributed by atoms with van der Waals surface area (Å²) >= 11 is 1.44. The van der Waals surface area contributed by atoms with Crippen molar-refractivity contribution in [1.29, 1.82) is 0 Å². The molecule has 0 saturated heterocycles. The van der Waals surface area contributed by atoms with Crippen LogP contribution in [-0.2, 0) is 0 Å². The maximum Gasteiger partial charge on any atom is 0.258 e. The third-order valence-electron chi connectivity index (χ3n) is 1.77. The summed E-state index contributed by atoms with van der Waals surface area (Å²) in [6.45, 7) is 3.12. The number of nitrogens with zero attached hydrogens (tertiary/aromatic N) is 1. The number of nitrogens with two attached hydrogens (primary N) is 1. The summed E-state index contributed by atoms with van der Waals surface area (Å²) in [5.74, 6) is -0.346. The van der Waals surface area contributed by atoms with E-state index < -0.39 is 0 Å². The predicted octanol–water partition coefficient (Wildman–Crippen LogP) is 1.69. The molecule has 1 aromatic heterocycles. The van der Waals surface area contributed by atoms with Crippen molar-refractivity contribution in [3.63, 3.8) is 0 Å². The lowest BCUT2D eigenvalue weighted by molar-refractivity contribution is 0.100. The first-order valence-corrected chi connectivity index (χ1v) is 5.07. The fourth-order valence-electron chi connectivity index (χ4n) is 1.11. The smallest absolute Gasteiger partial charge is 0.258 e. The van der Waals surface area contributed by atoms with E-state index in [2.05, 4.69) is 11.8 Å². The van der Waals surface area contributed by atoms with E-state index in [1.807, 2.05) is 13.1 Å². The molecule has 1 rings (SSSR count). The molecule has 2 N–H and O–H groups in total. The molecule has 1 heterocycles. The van der Waals surface area contributed by atoms with Gasteiger partial charge >= 0.3 is 0 Å². The van der Waals surface area contributed by atoms with Gasteiger partial charge in [-0.3, -0.25) is 4.79 Å². The van der Waals surface area contributed by atoms with Gasteiger partial charge in [0.25, 0.3) is 5.91 Å². The first-order valence-electron chi connectivity index (χ1n) is 4.26. The number of hydrogen-bond acceptors (Lipinski definition) is 3. The van der Waals surface area contributed by atoms with Gasteiger partial charge in [0.1, 0.15) is 0 Å². The van der Waals surface area contributed by atoms with Crippen LogP contribution in [0.2, 0.25) is 0 Å². The summed E-state index contributed by atoms with van der Waals surface area (Å²) < 4.78 is 0. The number of thiophene rings is 1. The maximum atomic E-state index is 10.8. The Labute approximate surface area is 82.2 Å². The number of hydrogen-bond donors (Lipinski definition) is 1. The highest BCUT2D eigenvalue weighted by Crippen LogP contribution is 2.24. The molecule has 0 spiro atoms. The molecule has 0 saturated carbocycles. The zero-order chi connectivity index (χ0) is 9.84. The minimum absolute atomic E-state index is 0.346. The lowest BCUT2D eigenvalue weighted by atomic mass is 10.4. The topological polar surface area (TPSA) is 46.3 Å². The van der Waals surface area contributed by atoms with E-state index in [-0.39, 0.29) is 5.91 Å². The fraction of sp³-hybridized carbons (Fsp3) is 0.444. The second-order valence-corrected chi connectivity index (χ2v) is 3.99. The van der Waals surface area contributed by atoms with E-state index >= 15 is 0 Å². The molecule has 13 heavy (non-hydrogen) atoms. The first kappa shape index (κ1) is 10.1. The second-order valence-electron chi connectivity index (χ2n) is 2.92. The van der Waals surface area contributed by atoms with Crippen LogP contribution in [0.1, 0.15) is 23.0 Å². The van der Waals surface area contributed by atoms with Crippen LogP contribution in [0.3, 0.4) is 0 Å². The molecule has 0 bridgehead atoms. The van der Waals surface area contributed by atoms with Crippen LogP contribution in [0.5, 0.6) is 0 Å². The number of carbonyl (C=O) groups excluding carboxylic acids is 1. The Bertz CT molecular complexity index is 296. The minimum atomic E-state index is -0.346. The van der Waals surface area contributed by atoms with Crippen LogP contribution >= 0.6 is 11.3 Å². The number of amides is 1. The summed E-state index contributed by atoms with van der Waals surface area (Å²) in [6, 6.07) is 3.70. The lowest BCUT2D eigenvalue weighted by Crippen LogP contribution is -2.16. The third-order valence-corrected chi connectivity index (χ3v) is 2.98. The zero-order valence-electron chi connectivity index (χ0n) is 7.91. The summed E-state index contributed by atoms with van der Waals surface area (Å²) in [4.78, 5) is 13.6. The largest absolute Gasteiger partial charge is 0.367 e. The van der Waals surface area contributed by atoms with Crippen LogP contribution in [0, 0.1) is 0 Å².